The van der Waals surface area contributed by atoms with Crippen molar-refractivity contribution in [2.75, 3.05) is 18.0 Å². The molecule has 2 aromatic rings. The molecule has 0 saturated carbocycles. The third-order valence-electron chi connectivity index (χ3n) is 5.25. The van der Waals surface area contributed by atoms with Crippen LogP contribution in [0.15, 0.2) is 48.5 Å². The van der Waals surface area contributed by atoms with Gasteiger partial charge in [-0.3, -0.25) is 4.79 Å². The molecule has 2 aromatic carbocycles. The Balaban J connectivity index is 1.45. The van der Waals surface area contributed by atoms with Crippen LogP contribution >= 0.6 is 0 Å². The average Bonchev–Trinajstić information content (AvgIpc) is 2.62. The van der Waals surface area contributed by atoms with Crippen molar-refractivity contribution in [1.82, 2.24) is 5.32 Å². The highest BCUT2D eigenvalue weighted by molar-refractivity contribution is 5.82. The van der Waals surface area contributed by atoms with Gasteiger partial charge < -0.3 is 10.2 Å². The highest BCUT2D eigenvalue weighted by atomic mass is 16.2. The second-order valence-electron chi connectivity index (χ2n) is 6.86. The summed E-state index contributed by atoms with van der Waals surface area (Å²) >= 11 is 0. The molecule has 1 aliphatic carbocycles. The van der Waals surface area contributed by atoms with E-state index in [1.54, 1.807) is 0 Å². The van der Waals surface area contributed by atoms with E-state index in [-0.39, 0.29) is 11.9 Å². The Labute approximate surface area is 143 Å². The Bertz CT molecular complexity index is 679. The zero-order valence-corrected chi connectivity index (χ0v) is 14.0. The minimum atomic E-state index is 0.133. The maximum absolute atomic E-state index is 12.6. The third kappa shape index (κ3) is 3.03. The largest absolute Gasteiger partial charge is 0.362 e. The lowest BCUT2D eigenvalue weighted by Crippen LogP contribution is -2.41. The minimum Gasteiger partial charge on any atom is -0.362 e. The molecule has 3 nitrogen and oxygen atoms in total. The summed E-state index contributed by atoms with van der Waals surface area (Å²) in [5, 5.41) is 3.27. The zero-order valence-electron chi connectivity index (χ0n) is 14.0. The molecule has 0 fully saturated rings. The second-order valence-corrected chi connectivity index (χ2v) is 6.86. The number of nitrogens with zero attached hydrogens (tertiary/aromatic N) is 1. The van der Waals surface area contributed by atoms with Crippen LogP contribution in [0.1, 0.15) is 42.0 Å². The van der Waals surface area contributed by atoms with Crippen LogP contribution in [0, 0.1) is 0 Å². The molecule has 1 aliphatic heterocycles. The molecule has 0 spiro atoms. The highest BCUT2D eigenvalue weighted by Crippen LogP contribution is 2.30. The van der Waals surface area contributed by atoms with E-state index < -0.39 is 0 Å². The molecule has 0 unspecified atom stereocenters. The predicted octanol–water partition coefficient (Wildman–Crippen LogP) is 3.63. The first-order valence-corrected chi connectivity index (χ1v) is 9.01. The maximum Gasteiger partial charge on any atom is 0.240 e. The summed E-state index contributed by atoms with van der Waals surface area (Å²) in [5.74, 6) is 0.133. The number of fused-ring (bicyclic) bond motifs is 2. The number of benzene rings is 2. The van der Waals surface area contributed by atoms with E-state index in [1.807, 2.05) is 0 Å². The fourth-order valence-electron chi connectivity index (χ4n) is 4.09. The molecule has 2 aliphatic rings. The fraction of sp³-hybridized carbons (Fsp3) is 0.381. The number of anilines is 1. The molecule has 1 N–H and O–H groups in total. The van der Waals surface area contributed by atoms with Crippen LogP contribution in [0.3, 0.4) is 0 Å². The van der Waals surface area contributed by atoms with Crippen LogP contribution in [-0.2, 0) is 17.6 Å². The van der Waals surface area contributed by atoms with Gasteiger partial charge in [0.1, 0.15) is 0 Å². The summed E-state index contributed by atoms with van der Waals surface area (Å²) in [5.41, 5.74) is 5.27. The van der Waals surface area contributed by atoms with Crippen molar-refractivity contribution in [3.05, 3.63) is 65.2 Å². The van der Waals surface area contributed by atoms with E-state index in [0.29, 0.717) is 6.54 Å². The number of amides is 1. The second kappa shape index (κ2) is 6.68. The fourth-order valence-corrected chi connectivity index (χ4v) is 4.09. The van der Waals surface area contributed by atoms with Crippen molar-refractivity contribution in [3.8, 4) is 0 Å². The van der Waals surface area contributed by atoms with Crippen molar-refractivity contribution >= 4 is 11.6 Å². The molecule has 24 heavy (non-hydrogen) atoms. The van der Waals surface area contributed by atoms with Crippen LogP contribution < -0.4 is 10.2 Å². The standard InChI is InChI=1S/C21H24N2O/c24-21(15-23-14-6-10-17-8-2-4-13-20(17)23)22-19-12-5-9-16-7-1-3-11-18(16)19/h1-4,7-8,11,13,19H,5-6,9-10,12,14-15H2,(H,22,24)/t19-/m0/s1. The normalized spacial score (nSPS) is 19.3. The lowest BCUT2D eigenvalue weighted by atomic mass is 9.88. The van der Waals surface area contributed by atoms with Gasteiger partial charge in [-0.1, -0.05) is 42.5 Å². The summed E-state index contributed by atoms with van der Waals surface area (Å²) in [6.07, 6.45) is 5.55. The highest BCUT2D eigenvalue weighted by Gasteiger charge is 2.23. The van der Waals surface area contributed by atoms with Gasteiger partial charge in [-0.15, -0.1) is 0 Å². The lowest BCUT2D eigenvalue weighted by Gasteiger charge is -2.32. The lowest BCUT2D eigenvalue weighted by molar-refractivity contribution is -0.120. The van der Waals surface area contributed by atoms with Crippen LogP contribution in [-0.4, -0.2) is 19.0 Å². The predicted molar refractivity (Wildman–Crippen MR) is 97.2 cm³/mol. The third-order valence-corrected chi connectivity index (χ3v) is 5.25. The van der Waals surface area contributed by atoms with E-state index in [4.69, 9.17) is 0 Å². The van der Waals surface area contributed by atoms with E-state index in [9.17, 15) is 4.79 Å². The molecule has 1 atom stereocenters. The average molecular weight is 320 g/mol. The SMILES string of the molecule is O=C(CN1CCCc2ccccc21)N[C@H]1CCCc2ccccc21. The Morgan fingerprint density at radius 3 is 2.67 bits per heavy atom. The van der Waals surface area contributed by atoms with Crippen molar-refractivity contribution in [3.63, 3.8) is 0 Å². The van der Waals surface area contributed by atoms with Crippen LogP contribution in [0.25, 0.3) is 0 Å². The van der Waals surface area contributed by atoms with E-state index in [1.165, 1.54) is 22.4 Å². The van der Waals surface area contributed by atoms with Gasteiger partial charge >= 0.3 is 0 Å². The number of carbonyl (C=O) groups is 1. The summed E-state index contributed by atoms with van der Waals surface area (Å²) < 4.78 is 0. The van der Waals surface area contributed by atoms with Crippen LogP contribution in [0.2, 0.25) is 0 Å². The van der Waals surface area contributed by atoms with Crippen LogP contribution in [0.4, 0.5) is 5.69 Å². The molecule has 124 valence electrons. The van der Waals surface area contributed by atoms with E-state index >= 15 is 0 Å². The number of carbonyl (C=O) groups excluding carboxylic acids is 1. The number of nitrogens with one attached hydrogen (secondary N) is 1. The minimum absolute atomic E-state index is 0.133. The van der Waals surface area contributed by atoms with Gasteiger partial charge in [0.25, 0.3) is 0 Å². The summed E-state index contributed by atoms with van der Waals surface area (Å²) in [6.45, 7) is 1.42. The smallest absolute Gasteiger partial charge is 0.240 e. The molecule has 0 saturated heterocycles. The quantitative estimate of drug-likeness (QED) is 0.936. The molecular formula is C21H24N2O. The number of hydrogen-bond donors (Lipinski definition) is 1. The zero-order chi connectivity index (χ0) is 16.4. The molecule has 4 rings (SSSR count). The molecular weight excluding hydrogens is 296 g/mol. The Hall–Kier alpha value is -2.29. The van der Waals surface area contributed by atoms with Crippen LogP contribution in [0.5, 0.6) is 0 Å². The van der Waals surface area contributed by atoms with Crippen molar-refractivity contribution in [2.45, 2.75) is 38.1 Å². The van der Waals surface area contributed by atoms with E-state index in [0.717, 1.165) is 38.6 Å². The molecule has 1 amide bonds. The Kier molecular flexibility index (Phi) is 4.24. The van der Waals surface area contributed by atoms with Gasteiger partial charge in [-0.25, -0.2) is 0 Å². The summed E-state index contributed by atoms with van der Waals surface area (Å²) in [4.78, 5) is 14.9. The molecule has 0 radical (unpaired) electrons. The number of rotatable bonds is 3. The topological polar surface area (TPSA) is 32.3 Å². The number of aryl methyl sites for hydroxylation is 2. The van der Waals surface area contributed by atoms with E-state index in [2.05, 4.69) is 58.7 Å². The van der Waals surface area contributed by atoms with Crippen molar-refractivity contribution < 1.29 is 4.79 Å². The van der Waals surface area contributed by atoms with Gasteiger partial charge in [0.15, 0.2) is 0 Å². The Morgan fingerprint density at radius 2 is 1.75 bits per heavy atom. The van der Waals surface area contributed by atoms with Gasteiger partial charge in [0.05, 0.1) is 12.6 Å². The molecule has 3 heteroatoms. The van der Waals surface area contributed by atoms with Crippen molar-refractivity contribution in [1.29, 1.82) is 0 Å². The monoisotopic (exact) mass is 320 g/mol. The molecule has 1 heterocycles. The first-order chi connectivity index (χ1) is 11.8. The van der Waals surface area contributed by atoms with Crippen molar-refractivity contribution in [2.24, 2.45) is 0 Å². The van der Waals surface area contributed by atoms with Gasteiger partial charge in [-0.05, 0) is 54.9 Å². The summed E-state index contributed by atoms with van der Waals surface area (Å²) in [6, 6.07) is 17.1. The first-order valence-electron chi connectivity index (χ1n) is 9.01. The number of hydrogen-bond acceptors (Lipinski definition) is 2. The van der Waals surface area contributed by atoms with Gasteiger partial charge in [-0.2, -0.15) is 0 Å². The van der Waals surface area contributed by atoms with Gasteiger partial charge in [0, 0.05) is 12.2 Å². The molecule has 0 bridgehead atoms. The summed E-state index contributed by atoms with van der Waals surface area (Å²) in [7, 11) is 0. The first kappa shape index (κ1) is 15.3. The van der Waals surface area contributed by atoms with Gasteiger partial charge in [0.2, 0.25) is 5.91 Å². The Morgan fingerprint density at radius 1 is 1.00 bits per heavy atom. The number of para-hydroxylation sites is 1. The maximum atomic E-state index is 12.6. The molecule has 0 aromatic heterocycles.